The number of anilines is 1. The second kappa shape index (κ2) is 9.95. The van der Waals surface area contributed by atoms with Gasteiger partial charge in [-0.1, -0.05) is 35.9 Å². The smallest absolute Gasteiger partial charge is 0.270 e. The summed E-state index contributed by atoms with van der Waals surface area (Å²) >= 11 is 0. The molecular weight excluding hydrogens is 458 g/mol. The van der Waals surface area contributed by atoms with Gasteiger partial charge in [0, 0.05) is 24.2 Å². The third-order valence-electron chi connectivity index (χ3n) is 6.22. The van der Waals surface area contributed by atoms with Crippen LogP contribution in [0.5, 0.6) is 0 Å². The SMILES string of the molecule is Nc1c(C(=O)NCCC2=CCCCC2)c2nc3ccccc3nc2n1N=Cc1cccc([N+](=O)[O-])c1. The number of nitrogens with two attached hydrogens (primary N) is 1. The van der Waals surface area contributed by atoms with Crippen LogP contribution in [0, 0.1) is 10.1 Å². The fourth-order valence-corrected chi connectivity index (χ4v) is 4.39. The van der Waals surface area contributed by atoms with Crippen LogP contribution in [0.1, 0.15) is 48.0 Å². The largest absolute Gasteiger partial charge is 0.383 e. The van der Waals surface area contributed by atoms with Gasteiger partial charge in [0.2, 0.25) is 0 Å². The molecule has 182 valence electrons. The molecule has 5 rings (SSSR count). The number of rotatable bonds is 7. The minimum Gasteiger partial charge on any atom is -0.383 e. The molecule has 1 amide bonds. The van der Waals surface area contributed by atoms with Crippen LogP contribution in [-0.4, -0.2) is 38.2 Å². The number of allylic oxidation sites excluding steroid dienone is 1. The van der Waals surface area contributed by atoms with Crippen molar-refractivity contribution in [2.45, 2.75) is 32.1 Å². The standard InChI is InChI=1S/C26H25N7O3/c27-24-22(26(34)28-14-13-17-7-2-1-3-8-17)23-25(31-21-12-5-4-11-20(21)30-23)32(24)29-16-18-9-6-10-19(15-18)33(35)36/h4-7,9-12,15-16H,1-3,8,13-14,27H2,(H,28,34). The molecule has 0 aliphatic heterocycles. The van der Waals surface area contributed by atoms with E-state index >= 15 is 0 Å². The lowest BCUT2D eigenvalue weighted by Gasteiger charge is -2.12. The number of nitrogens with zero attached hydrogens (tertiary/aromatic N) is 5. The van der Waals surface area contributed by atoms with Crippen molar-refractivity contribution in [2.24, 2.45) is 5.10 Å². The first-order valence-corrected chi connectivity index (χ1v) is 11.8. The van der Waals surface area contributed by atoms with Gasteiger partial charge in [0.15, 0.2) is 5.65 Å². The van der Waals surface area contributed by atoms with Crippen molar-refractivity contribution >= 4 is 45.8 Å². The number of hydrogen-bond donors (Lipinski definition) is 2. The van der Waals surface area contributed by atoms with E-state index in [2.05, 4.69) is 26.5 Å². The molecule has 0 saturated carbocycles. The first kappa shape index (κ1) is 23.2. The summed E-state index contributed by atoms with van der Waals surface area (Å²) in [7, 11) is 0. The fourth-order valence-electron chi connectivity index (χ4n) is 4.39. The van der Waals surface area contributed by atoms with Crippen LogP contribution in [0.2, 0.25) is 0 Å². The number of benzene rings is 2. The molecule has 0 bridgehead atoms. The molecule has 0 fully saturated rings. The first-order valence-electron chi connectivity index (χ1n) is 11.8. The fraction of sp³-hybridized carbons (Fsp3) is 0.231. The Balaban J connectivity index is 1.52. The highest BCUT2D eigenvalue weighted by Gasteiger charge is 2.24. The Bertz CT molecular complexity index is 1540. The van der Waals surface area contributed by atoms with Crippen molar-refractivity contribution in [2.75, 3.05) is 12.3 Å². The topological polar surface area (TPSA) is 141 Å². The van der Waals surface area contributed by atoms with Crippen LogP contribution in [0.4, 0.5) is 11.5 Å². The summed E-state index contributed by atoms with van der Waals surface area (Å²) in [6.07, 6.45) is 9.06. The van der Waals surface area contributed by atoms with Gasteiger partial charge in [0.05, 0.1) is 22.2 Å². The summed E-state index contributed by atoms with van der Waals surface area (Å²) in [6, 6.07) is 13.4. The zero-order valence-electron chi connectivity index (χ0n) is 19.6. The molecular formula is C26H25N7O3. The minimum atomic E-state index is -0.472. The van der Waals surface area contributed by atoms with Crippen LogP contribution in [0.3, 0.4) is 0 Å². The Morgan fingerprint density at radius 3 is 2.72 bits per heavy atom. The molecule has 4 aromatic rings. The second-order valence-electron chi connectivity index (χ2n) is 8.67. The van der Waals surface area contributed by atoms with Crippen molar-refractivity contribution in [1.29, 1.82) is 0 Å². The van der Waals surface area contributed by atoms with Gasteiger partial charge in [0.1, 0.15) is 16.9 Å². The van der Waals surface area contributed by atoms with E-state index in [0.29, 0.717) is 34.3 Å². The normalized spacial score (nSPS) is 13.8. The summed E-state index contributed by atoms with van der Waals surface area (Å²) in [5.41, 5.74) is 10.4. The quantitative estimate of drug-likeness (QED) is 0.171. The van der Waals surface area contributed by atoms with Crippen LogP contribution in [0.25, 0.3) is 22.2 Å². The van der Waals surface area contributed by atoms with Crippen LogP contribution in [0.15, 0.2) is 65.3 Å². The summed E-state index contributed by atoms with van der Waals surface area (Å²) in [5, 5.41) is 18.5. The molecule has 1 aliphatic carbocycles. The molecule has 36 heavy (non-hydrogen) atoms. The van der Waals surface area contributed by atoms with E-state index < -0.39 is 4.92 Å². The highest BCUT2D eigenvalue weighted by molar-refractivity contribution is 6.10. The number of aromatic nitrogens is 3. The van der Waals surface area contributed by atoms with E-state index in [1.807, 2.05) is 24.3 Å². The summed E-state index contributed by atoms with van der Waals surface area (Å²) in [5.74, 6) is -0.251. The van der Waals surface area contributed by atoms with Gasteiger partial charge in [-0.2, -0.15) is 9.78 Å². The van der Waals surface area contributed by atoms with Crippen LogP contribution >= 0.6 is 0 Å². The lowest BCUT2D eigenvalue weighted by molar-refractivity contribution is -0.384. The number of non-ortho nitro benzene ring substituents is 1. The Morgan fingerprint density at radius 2 is 1.97 bits per heavy atom. The average molecular weight is 484 g/mol. The zero-order valence-corrected chi connectivity index (χ0v) is 19.6. The molecule has 0 saturated heterocycles. The molecule has 0 atom stereocenters. The maximum Gasteiger partial charge on any atom is 0.270 e. The molecule has 10 heteroatoms. The van der Waals surface area contributed by atoms with E-state index in [9.17, 15) is 14.9 Å². The molecule has 2 aromatic heterocycles. The first-order chi connectivity index (χ1) is 17.5. The lowest BCUT2D eigenvalue weighted by atomic mass is 9.97. The molecule has 2 heterocycles. The molecule has 0 spiro atoms. The monoisotopic (exact) mass is 483 g/mol. The molecule has 1 aliphatic rings. The van der Waals surface area contributed by atoms with Gasteiger partial charge in [-0.3, -0.25) is 14.9 Å². The number of carbonyl (C=O) groups is 1. The van der Waals surface area contributed by atoms with Crippen molar-refractivity contribution in [3.63, 3.8) is 0 Å². The number of nitro benzene ring substituents is 1. The molecule has 2 aromatic carbocycles. The van der Waals surface area contributed by atoms with Crippen molar-refractivity contribution in [1.82, 2.24) is 20.0 Å². The highest BCUT2D eigenvalue weighted by atomic mass is 16.6. The Labute approximate surface area is 206 Å². The number of fused-ring (bicyclic) bond motifs is 2. The van der Waals surface area contributed by atoms with E-state index in [-0.39, 0.29) is 23.0 Å². The third-order valence-corrected chi connectivity index (χ3v) is 6.22. The van der Waals surface area contributed by atoms with Gasteiger partial charge in [0.25, 0.3) is 11.6 Å². The van der Waals surface area contributed by atoms with Crippen LogP contribution < -0.4 is 11.1 Å². The van der Waals surface area contributed by atoms with Gasteiger partial charge in [-0.15, -0.1) is 0 Å². The van der Waals surface area contributed by atoms with Gasteiger partial charge < -0.3 is 11.1 Å². The number of para-hydroxylation sites is 2. The number of amides is 1. The number of hydrogen-bond acceptors (Lipinski definition) is 7. The zero-order chi connectivity index (χ0) is 25.1. The van der Waals surface area contributed by atoms with E-state index in [0.717, 1.165) is 19.3 Å². The summed E-state index contributed by atoms with van der Waals surface area (Å²) in [6.45, 7) is 0.495. The molecule has 0 unspecified atom stereocenters. The van der Waals surface area contributed by atoms with Crippen molar-refractivity contribution in [3.8, 4) is 0 Å². The Morgan fingerprint density at radius 1 is 1.17 bits per heavy atom. The maximum atomic E-state index is 13.2. The predicted molar refractivity (Wildman–Crippen MR) is 139 cm³/mol. The van der Waals surface area contributed by atoms with E-state index in [4.69, 9.17) is 5.73 Å². The number of carbonyl (C=O) groups excluding carboxylic acids is 1. The van der Waals surface area contributed by atoms with Crippen LogP contribution in [-0.2, 0) is 0 Å². The molecule has 0 radical (unpaired) electrons. The molecule has 10 nitrogen and oxygen atoms in total. The Hall–Kier alpha value is -4.60. The maximum absolute atomic E-state index is 13.2. The molecule has 3 N–H and O–H groups in total. The Kier molecular flexibility index (Phi) is 6.40. The highest BCUT2D eigenvalue weighted by Crippen LogP contribution is 2.28. The summed E-state index contributed by atoms with van der Waals surface area (Å²) < 4.78 is 1.35. The van der Waals surface area contributed by atoms with Crippen molar-refractivity contribution < 1.29 is 9.72 Å². The van der Waals surface area contributed by atoms with Gasteiger partial charge >= 0.3 is 0 Å². The van der Waals surface area contributed by atoms with Crippen molar-refractivity contribution in [3.05, 3.63) is 81.4 Å². The number of nitro groups is 1. The summed E-state index contributed by atoms with van der Waals surface area (Å²) in [4.78, 5) is 33.2. The third kappa shape index (κ3) is 4.65. The average Bonchev–Trinajstić information content (AvgIpc) is 3.16. The van der Waals surface area contributed by atoms with E-state index in [1.54, 1.807) is 12.1 Å². The number of nitrogen functional groups attached to an aromatic ring is 1. The second-order valence-corrected chi connectivity index (χ2v) is 8.67. The van der Waals surface area contributed by atoms with E-state index in [1.165, 1.54) is 41.4 Å². The van der Waals surface area contributed by atoms with Gasteiger partial charge in [-0.25, -0.2) is 9.97 Å². The minimum absolute atomic E-state index is 0.0526. The van der Waals surface area contributed by atoms with Gasteiger partial charge in [-0.05, 0) is 44.2 Å². The lowest BCUT2D eigenvalue weighted by Crippen LogP contribution is -2.25. The number of nitrogens with one attached hydrogen (secondary N) is 1. The predicted octanol–water partition coefficient (Wildman–Crippen LogP) is 4.58.